The summed E-state index contributed by atoms with van der Waals surface area (Å²) in [4.78, 5) is 9.39. The lowest BCUT2D eigenvalue weighted by Crippen LogP contribution is -2.04. The lowest BCUT2D eigenvalue weighted by atomic mass is 10.1. The van der Waals surface area contributed by atoms with Gasteiger partial charge in [0.2, 0.25) is 11.7 Å². The van der Waals surface area contributed by atoms with Crippen molar-refractivity contribution in [1.82, 2.24) is 15.1 Å². The highest BCUT2D eigenvalue weighted by molar-refractivity contribution is 5.89. The van der Waals surface area contributed by atoms with Crippen molar-refractivity contribution in [3.05, 3.63) is 59.4 Å². The van der Waals surface area contributed by atoms with Crippen molar-refractivity contribution >= 4 is 16.7 Å². The van der Waals surface area contributed by atoms with Crippen LogP contribution in [0.3, 0.4) is 0 Å². The normalized spacial score (nSPS) is 11.2. The third-order valence-corrected chi connectivity index (χ3v) is 4.45. The van der Waals surface area contributed by atoms with Crippen LogP contribution in [0.5, 0.6) is 0 Å². The van der Waals surface area contributed by atoms with Crippen LogP contribution >= 0.6 is 0 Å². The van der Waals surface area contributed by atoms with Crippen LogP contribution in [0.25, 0.3) is 22.3 Å². The standard InChI is InChI=1S/C21H22N4O2/c1-4-6-18-23-21(25-27-18)17-11-15-8-5-7-13(2)19(15)24-20(17)22-12-16-10-9-14(3)26-16/h5,7-11H,4,6,12H2,1-3H3,(H,22,24). The summed E-state index contributed by atoms with van der Waals surface area (Å²) in [6.07, 6.45) is 1.72. The molecule has 4 rings (SSSR count). The van der Waals surface area contributed by atoms with Gasteiger partial charge in [0.15, 0.2) is 0 Å². The topological polar surface area (TPSA) is 77.0 Å². The lowest BCUT2D eigenvalue weighted by molar-refractivity contribution is 0.378. The van der Waals surface area contributed by atoms with E-state index in [1.807, 2.05) is 31.2 Å². The van der Waals surface area contributed by atoms with E-state index in [4.69, 9.17) is 13.9 Å². The SMILES string of the molecule is CCCc1nc(-c2cc3cccc(C)c3nc2NCc2ccc(C)o2)no1. The van der Waals surface area contributed by atoms with Crippen molar-refractivity contribution in [3.63, 3.8) is 0 Å². The molecule has 0 spiro atoms. The zero-order valence-electron chi connectivity index (χ0n) is 15.7. The van der Waals surface area contributed by atoms with Gasteiger partial charge in [0, 0.05) is 11.8 Å². The molecule has 3 heterocycles. The number of para-hydroxylation sites is 1. The van der Waals surface area contributed by atoms with Gasteiger partial charge < -0.3 is 14.3 Å². The molecule has 1 N–H and O–H groups in total. The van der Waals surface area contributed by atoms with Gasteiger partial charge in [-0.25, -0.2) is 4.98 Å². The Morgan fingerprint density at radius 3 is 2.74 bits per heavy atom. The maximum absolute atomic E-state index is 5.66. The summed E-state index contributed by atoms with van der Waals surface area (Å²) in [6.45, 7) is 6.61. The molecule has 1 aromatic carbocycles. The highest BCUT2D eigenvalue weighted by atomic mass is 16.5. The Hall–Kier alpha value is -3.15. The maximum Gasteiger partial charge on any atom is 0.226 e. The zero-order valence-corrected chi connectivity index (χ0v) is 15.7. The molecule has 0 aliphatic carbocycles. The number of pyridine rings is 1. The van der Waals surface area contributed by atoms with Gasteiger partial charge in [-0.3, -0.25) is 0 Å². The van der Waals surface area contributed by atoms with Crippen molar-refractivity contribution in [2.75, 3.05) is 5.32 Å². The lowest BCUT2D eigenvalue weighted by Gasteiger charge is -2.11. The molecule has 27 heavy (non-hydrogen) atoms. The first-order valence-electron chi connectivity index (χ1n) is 9.16. The van der Waals surface area contributed by atoms with Gasteiger partial charge in [0.1, 0.15) is 17.3 Å². The summed E-state index contributed by atoms with van der Waals surface area (Å²) in [7, 11) is 0. The molecule has 6 nitrogen and oxygen atoms in total. The van der Waals surface area contributed by atoms with E-state index >= 15 is 0 Å². The van der Waals surface area contributed by atoms with E-state index in [-0.39, 0.29) is 0 Å². The van der Waals surface area contributed by atoms with Gasteiger partial charge in [-0.05, 0) is 44.0 Å². The number of hydrogen-bond donors (Lipinski definition) is 1. The fourth-order valence-corrected chi connectivity index (χ4v) is 3.08. The Labute approximate surface area is 157 Å². The van der Waals surface area contributed by atoms with Crippen LogP contribution in [0, 0.1) is 13.8 Å². The van der Waals surface area contributed by atoms with Gasteiger partial charge in [0.25, 0.3) is 0 Å². The largest absolute Gasteiger partial charge is 0.465 e. The fraction of sp³-hybridized carbons (Fsp3) is 0.286. The summed E-state index contributed by atoms with van der Waals surface area (Å²) in [5.41, 5.74) is 2.90. The molecule has 6 heteroatoms. The summed E-state index contributed by atoms with van der Waals surface area (Å²) >= 11 is 0. The average molecular weight is 362 g/mol. The van der Waals surface area contributed by atoms with Gasteiger partial charge in [-0.2, -0.15) is 4.98 Å². The molecule has 0 unspecified atom stereocenters. The Morgan fingerprint density at radius 1 is 1.07 bits per heavy atom. The van der Waals surface area contributed by atoms with Gasteiger partial charge in [-0.15, -0.1) is 0 Å². The zero-order chi connectivity index (χ0) is 18.8. The Bertz CT molecular complexity index is 1080. The number of aryl methyl sites for hydroxylation is 3. The molecule has 0 fully saturated rings. The van der Waals surface area contributed by atoms with Gasteiger partial charge in [0.05, 0.1) is 17.6 Å². The summed E-state index contributed by atoms with van der Waals surface area (Å²) < 4.78 is 11.0. The summed E-state index contributed by atoms with van der Waals surface area (Å²) in [5.74, 6) is 3.65. The highest BCUT2D eigenvalue weighted by Crippen LogP contribution is 2.30. The van der Waals surface area contributed by atoms with E-state index in [1.165, 1.54) is 0 Å². The molecule has 138 valence electrons. The first-order chi connectivity index (χ1) is 13.1. The van der Waals surface area contributed by atoms with Crippen molar-refractivity contribution in [2.24, 2.45) is 0 Å². The molecule has 4 aromatic rings. The van der Waals surface area contributed by atoms with Crippen LogP contribution in [0.2, 0.25) is 0 Å². The number of hydrogen-bond acceptors (Lipinski definition) is 6. The minimum absolute atomic E-state index is 0.533. The first-order valence-corrected chi connectivity index (χ1v) is 9.16. The van der Waals surface area contributed by atoms with E-state index in [9.17, 15) is 0 Å². The van der Waals surface area contributed by atoms with Crippen LogP contribution < -0.4 is 5.32 Å². The molecule has 0 aliphatic rings. The van der Waals surface area contributed by atoms with Crippen molar-refractivity contribution in [3.8, 4) is 11.4 Å². The second-order valence-electron chi connectivity index (χ2n) is 6.66. The molecule has 3 aromatic heterocycles. The third kappa shape index (κ3) is 3.56. The van der Waals surface area contributed by atoms with E-state index in [2.05, 4.69) is 41.4 Å². The molecule has 0 aliphatic heterocycles. The molecule has 0 bridgehead atoms. The van der Waals surface area contributed by atoms with Gasteiger partial charge in [-0.1, -0.05) is 30.3 Å². The van der Waals surface area contributed by atoms with Crippen LogP contribution in [0.4, 0.5) is 5.82 Å². The number of nitrogens with one attached hydrogen (secondary N) is 1. The Kier molecular flexibility index (Phi) is 4.62. The molecule has 0 radical (unpaired) electrons. The number of fused-ring (bicyclic) bond motifs is 1. The molecule has 0 saturated carbocycles. The van der Waals surface area contributed by atoms with Crippen LogP contribution in [-0.4, -0.2) is 15.1 Å². The second kappa shape index (κ2) is 7.23. The van der Waals surface area contributed by atoms with Crippen LogP contribution in [0.15, 0.2) is 45.3 Å². The quantitative estimate of drug-likeness (QED) is 0.517. The third-order valence-electron chi connectivity index (χ3n) is 4.45. The summed E-state index contributed by atoms with van der Waals surface area (Å²) in [5, 5.41) is 8.59. The van der Waals surface area contributed by atoms with Crippen LogP contribution in [0.1, 0.15) is 36.3 Å². The van der Waals surface area contributed by atoms with Gasteiger partial charge >= 0.3 is 0 Å². The van der Waals surface area contributed by atoms with E-state index in [0.29, 0.717) is 18.3 Å². The molecular formula is C21H22N4O2. The number of anilines is 1. The van der Waals surface area contributed by atoms with Crippen LogP contribution in [-0.2, 0) is 13.0 Å². The maximum atomic E-state index is 5.66. The van der Waals surface area contributed by atoms with Crippen molar-refractivity contribution < 1.29 is 8.94 Å². The minimum Gasteiger partial charge on any atom is -0.465 e. The second-order valence-corrected chi connectivity index (χ2v) is 6.66. The number of furan rings is 1. The number of rotatable bonds is 6. The highest BCUT2D eigenvalue weighted by Gasteiger charge is 2.16. The van der Waals surface area contributed by atoms with Crippen molar-refractivity contribution in [2.45, 2.75) is 40.2 Å². The molecular weight excluding hydrogens is 340 g/mol. The van der Waals surface area contributed by atoms with Crippen molar-refractivity contribution in [1.29, 1.82) is 0 Å². The molecule has 0 amide bonds. The van der Waals surface area contributed by atoms with E-state index in [1.54, 1.807) is 0 Å². The number of benzene rings is 1. The summed E-state index contributed by atoms with van der Waals surface area (Å²) in [6, 6.07) is 12.1. The van der Waals surface area contributed by atoms with E-state index < -0.39 is 0 Å². The fourth-order valence-electron chi connectivity index (χ4n) is 3.08. The molecule has 0 atom stereocenters. The molecule has 0 saturated heterocycles. The first kappa shape index (κ1) is 17.3. The number of nitrogens with zero attached hydrogens (tertiary/aromatic N) is 3. The Morgan fingerprint density at radius 2 is 1.96 bits per heavy atom. The smallest absolute Gasteiger partial charge is 0.226 e. The average Bonchev–Trinajstić information content (AvgIpc) is 3.29. The minimum atomic E-state index is 0.533. The number of aromatic nitrogens is 3. The predicted molar refractivity (Wildman–Crippen MR) is 105 cm³/mol. The predicted octanol–water partition coefficient (Wildman–Crippen LogP) is 5.06. The Balaban J connectivity index is 1.76. The monoisotopic (exact) mass is 362 g/mol. The van der Waals surface area contributed by atoms with E-state index in [0.717, 1.165) is 52.2 Å².